The van der Waals surface area contributed by atoms with Crippen molar-refractivity contribution < 1.29 is 9.47 Å². The van der Waals surface area contributed by atoms with E-state index in [9.17, 15) is 0 Å². The molecule has 0 N–H and O–H groups in total. The van der Waals surface area contributed by atoms with Crippen molar-refractivity contribution in [3.63, 3.8) is 0 Å². The second kappa shape index (κ2) is 4.43. The average molecular weight is 244 g/mol. The molecule has 1 aliphatic heterocycles. The molecule has 1 heterocycles. The van der Waals surface area contributed by atoms with Crippen molar-refractivity contribution in [2.24, 2.45) is 5.92 Å². The third-order valence-electron chi connectivity index (χ3n) is 4.26. The summed E-state index contributed by atoms with van der Waals surface area (Å²) >= 11 is 0. The van der Waals surface area contributed by atoms with Gasteiger partial charge in [-0.3, -0.25) is 0 Å². The minimum Gasteiger partial charge on any atom is -0.493 e. The lowest BCUT2D eigenvalue weighted by Crippen LogP contribution is -2.47. The highest BCUT2D eigenvalue weighted by Crippen LogP contribution is 2.47. The first-order valence-corrected chi connectivity index (χ1v) is 6.77. The molecule has 2 heteroatoms. The van der Waals surface area contributed by atoms with Crippen LogP contribution >= 0.6 is 0 Å². The van der Waals surface area contributed by atoms with E-state index in [4.69, 9.17) is 9.47 Å². The van der Waals surface area contributed by atoms with Crippen molar-refractivity contribution in [2.45, 2.75) is 31.8 Å². The van der Waals surface area contributed by atoms with E-state index < -0.39 is 0 Å². The second-order valence-corrected chi connectivity index (χ2v) is 5.36. The lowest BCUT2D eigenvalue weighted by Gasteiger charge is -2.45. The standard InChI is InChI=1S/C16H20O2/c1-3-18-16(2)10-6-8-12-13-7-4-5-9-15(13)17-11-14(12)16/h4-9,12,14H,3,10-11H2,1-2H3. The van der Waals surface area contributed by atoms with E-state index >= 15 is 0 Å². The van der Waals surface area contributed by atoms with Gasteiger partial charge < -0.3 is 9.47 Å². The molecule has 0 bridgehead atoms. The van der Waals surface area contributed by atoms with Gasteiger partial charge in [0.2, 0.25) is 0 Å². The molecule has 1 aromatic rings. The summed E-state index contributed by atoms with van der Waals surface area (Å²) < 4.78 is 11.9. The molecular weight excluding hydrogens is 224 g/mol. The summed E-state index contributed by atoms with van der Waals surface area (Å²) in [6.45, 7) is 5.79. The van der Waals surface area contributed by atoms with E-state index in [1.807, 2.05) is 6.07 Å². The normalized spacial score (nSPS) is 33.4. The van der Waals surface area contributed by atoms with Gasteiger partial charge in [-0.1, -0.05) is 30.4 Å². The van der Waals surface area contributed by atoms with Crippen LogP contribution in [0, 0.1) is 5.92 Å². The molecule has 1 aliphatic carbocycles. The molecule has 2 aliphatic rings. The summed E-state index contributed by atoms with van der Waals surface area (Å²) in [5, 5.41) is 0. The van der Waals surface area contributed by atoms with E-state index in [1.165, 1.54) is 5.56 Å². The van der Waals surface area contributed by atoms with E-state index in [-0.39, 0.29) is 5.60 Å². The summed E-state index contributed by atoms with van der Waals surface area (Å²) in [5.74, 6) is 1.88. The molecule has 0 spiro atoms. The summed E-state index contributed by atoms with van der Waals surface area (Å²) in [4.78, 5) is 0. The Hall–Kier alpha value is -1.28. The fourth-order valence-electron chi connectivity index (χ4n) is 3.28. The molecule has 2 nitrogen and oxygen atoms in total. The molecule has 3 unspecified atom stereocenters. The number of allylic oxidation sites excluding steroid dienone is 1. The van der Waals surface area contributed by atoms with Gasteiger partial charge in [-0.05, 0) is 26.3 Å². The van der Waals surface area contributed by atoms with Crippen LogP contribution in [0.25, 0.3) is 0 Å². The third-order valence-corrected chi connectivity index (χ3v) is 4.26. The molecule has 0 amide bonds. The molecule has 0 fully saturated rings. The Morgan fingerprint density at radius 2 is 2.22 bits per heavy atom. The summed E-state index contributed by atoms with van der Waals surface area (Å²) in [5.41, 5.74) is 1.21. The van der Waals surface area contributed by atoms with Crippen LogP contribution in [0.2, 0.25) is 0 Å². The van der Waals surface area contributed by atoms with Gasteiger partial charge in [0.1, 0.15) is 5.75 Å². The Kier molecular flexibility index (Phi) is 2.90. The van der Waals surface area contributed by atoms with Gasteiger partial charge in [0.05, 0.1) is 12.2 Å². The van der Waals surface area contributed by atoms with Crippen LogP contribution in [0.3, 0.4) is 0 Å². The number of benzene rings is 1. The zero-order chi connectivity index (χ0) is 12.6. The van der Waals surface area contributed by atoms with Crippen molar-refractivity contribution in [1.82, 2.24) is 0 Å². The Morgan fingerprint density at radius 1 is 1.39 bits per heavy atom. The van der Waals surface area contributed by atoms with Crippen LogP contribution in [-0.2, 0) is 4.74 Å². The molecule has 0 saturated carbocycles. The maximum Gasteiger partial charge on any atom is 0.123 e. The number of rotatable bonds is 2. The number of hydrogen-bond acceptors (Lipinski definition) is 2. The predicted octanol–water partition coefficient (Wildman–Crippen LogP) is 3.53. The highest BCUT2D eigenvalue weighted by molar-refractivity contribution is 5.42. The Balaban J connectivity index is 1.99. The first-order valence-electron chi connectivity index (χ1n) is 6.77. The SMILES string of the molecule is CCOC1(C)CC=CC2c3ccccc3OCC21. The first kappa shape index (κ1) is 11.8. The smallest absolute Gasteiger partial charge is 0.123 e. The van der Waals surface area contributed by atoms with E-state index in [2.05, 4.69) is 44.2 Å². The van der Waals surface area contributed by atoms with Gasteiger partial charge in [0, 0.05) is 24.0 Å². The lowest BCUT2D eigenvalue weighted by atomic mass is 9.70. The van der Waals surface area contributed by atoms with Gasteiger partial charge in [0.15, 0.2) is 0 Å². The van der Waals surface area contributed by atoms with Crippen molar-refractivity contribution in [1.29, 1.82) is 0 Å². The van der Waals surface area contributed by atoms with E-state index in [1.54, 1.807) is 0 Å². The van der Waals surface area contributed by atoms with Crippen LogP contribution in [0.1, 0.15) is 31.7 Å². The van der Waals surface area contributed by atoms with Gasteiger partial charge in [-0.15, -0.1) is 0 Å². The van der Waals surface area contributed by atoms with Crippen LogP contribution in [0.15, 0.2) is 36.4 Å². The summed E-state index contributed by atoms with van der Waals surface area (Å²) in [7, 11) is 0. The minimum atomic E-state index is -0.0955. The van der Waals surface area contributed by atoms with Crippen molar-refractivity contribution in [3.8, 4) is 5.75 Å². The summed E-state index contributed by atoms with van der Waals surface area (Å²) in [6.07, 6.45) is 5.57. The molecule has 0 radical (unpaired) electrons. The third kappa shape index (κ3) is 1.76. The topological polar surface area (TPSA) is 18.5 Å². The highest BCUT2D eigenvalue weighted by Gasteiger charge is 2.44. The maximum absolute atomic E-state index is 6.02. The average Bonchev–Trinajstić information content (AvgIpc) is 2.39. The maximum atomic E-state index is 6.02. The Morgan fingerprint density at radius 3 is 3.06 bits per heavy atom. The first-order chi connectivity index (χ1) is 8.74. The van der Waals surface area contributed by atoms with Gasteiger partial charge in [0.25, 0.3) is 0 Å². The van der Waals surface area contributed by atoms with E-state index in [0.29, 0.717) is 11.8 Å². The fourth-order valence-corrected chi connectivity index (χ4v) is 3.28. The molecular formula is C16H20O2. The van der Waals surface area contributed by atoms with Gasteiger partial charge >= 0.3 is 0 Å². The predicted molar refractivity (Wildman–Crippen MR) is 72.0 cm³/mol. The summed E-state index contributed by atoms with van der Waals surface area (Å²) in [6, 6.07) is 8.36. The number of hydrogen-bond donors (Lipinski definition) is 0. The van der Waals surface area contributed by atoms with Crippen LogP contribution in [0.5, 0.6) is 5.75 Å². The number of para-hydroxylation sites is 1. The highest BCUT2D eigenvalue weighted by atomic mass is 16.5. The zero-order valence-corrected chi connectivity index (χ0v) is 11.1. The second-order valence-electron chi connectivity index (χ2n) is 5.36. The van der Waals surface area contributed by atoms with Gasteiger partial charge in [-0.2, -0.15) is 0 Å². The van der Waals surface area contributed by atoms with Crippen LogP contribution in [-0.4, -0.2) is 18.8 Å². The van der Waals surface area contributed by atoms with Crippen molar-refractivity contribution in [3.05, 3.63) is 42.0 Å². The quantitative estimate of drug-likeness (QED) is 0.741. The number of fused-ring (bicyclic) bond motifs is 3. The molecule has 3 atom stereocenters. The Labute approximate surface area is 109 Å². The molecule has 1 aromatic carbocycles. The molecule has 3 rings (SSSR count). The number of ether oxygens (including phenoxy) is 2. The Bertz CT molecular complexity index is 466. The molecule has 18 heavy (non-hydrogen) atoms. The van der Waals surface area contributed by atoms with Crippen molar-refractivity contribution >= 4 is 0 Å². The van der Waals surface area contributed by atoms with Crippen LogP contribution in [0.4, 0.5) is 0 Å². The lowest BCUT2D eigenvalue weighted by molar-refractivity contribution is -0.0898. The van der Waals surface area contributed by atoms with Crippen molar-refractivity contribution in [2.75, 3.05) is 13.2 Å². The van der Waals surface area contributed by atoms with Crippen LogP contribution < -0.4 is 4.74 Å². The van der Waals surface area contributed by atoms with E-state index in [0.717, 1.165) is 25.4 Å². The van der Waals surface area contributed by atoms with Gasteiger partial charge in [-0.25, -0.2) is 0 Å². The molecule has 0 saturated heterocycles. The zero-order valence-electron chi connectivity index (χ0n) is 11.1. The monoisotopic (exact) mass is 244 g/mol. The molecule has 96 valence electrons. The minimum absolute atomic E-state index is 0.0955. The molecule has 0 aromatic heterocycles. The fraction of sp³-hybridized carbons (Fsp3) is 0.500. The largest absolute Gasteiger partial charge is 0.493 e.